The number of pyridine rings is 1. The Kier molecular flexibility index (Phi) is 8.12. The number of carbonyl (C=O) groups excluding carboxylic acids is 1. The zero-order valence-corrected chi connectivity index (χ0v) is 17.0. The first-order chi connectivity index (χ1) is 15.2. The molecule has 2 rings (SSSR count). The van der Waals surface area contributed by atoms with E-state index in [0.717, 1.165) is 24.4 Å². The van der Waals surface area contributed by atoms with Gasteiger partial charge in [-0.25, -0.2) is 4.79 Å². The minimum absolute atomic E-state index is 0.0793. The van der Waals surface area contributed by atoms with Gasteiger partial charge < -0.3 is 20.5 Å². The minimum atomic E-state index is -4.61. The second-order valence-corrected chi connectivity index (χ2v) is 6.96. The molecule has 2 aromatic rings. The molecule has 2 amide bonds. The van der Waals surface area contributed by atoms with E-state index in [-0.39, 0.29) is 23.4 Å². The van der Waals surface area contributed by atoms with Crippen LogP contribution in [0.2, 0.25) is 0 Å². The highest BCUT2D eigenvalue weighted by Crippen LogP contribution is 2.29. The lowest BCUT2D eigenvalue weighted by molar-refractivity contribution is -0.153. The summed E-state index contributed by atoms with van der Waals surface area (Å²) in [6.45, 7) is -0.0169. The average Bonchev–Trinajstić information content (AvgIpc) is 2.71. The molecule has 0 radical (unpaired) electrons. The molecule has 13 heteroatoms. The number of rotatable bonds is 8. The van der Waals surface area contributed by atoms with Crippen LogP contribution in [0.1, 0.15) is 29.8 Å². The van der Waals surface area contributed by atoms with Crippen LogP contribution in [0, 0.1) is 0 Å². The molecule has 0 saturated carbocycles. The van der Waals surface area contributed by atoms with Gasteiger partial charge in [-0.1, -0.05) is 18.2 Å². The van der Waals surface area contributed by atoms with Gasteiger partial charge in [-0.05, 0) is 30.7 Å². The van der Waals surface area contributed by atoms with E-state index in [1.807, 2.05) is 5.32 Å². The highest BCUT2D eigenvalue weighted by Gasteiger charge is 2.31. The highest BCUT2D eigenvalue weighted by molar-refractivity contribution is 5.85. The predicted molar refractivity (Wildman–Crippen MR) is 102 cm³/mol. The predicted octanol–water partition coefficient (Wildman–Crippen LogP) is 4.10. The second-order valence-electron chi connectivity index (χ2n) is 6.96. The van der Waals surface area contributed by atoms with E-state index < -0.39 is 48.6 Å². The van der Waals surface area contributed by atoms with Crippen LogP contribution in [0.4, 0.5) is 31.1 Å². The summed E-state index contributed by atoms with van der Waals surface area (Å²) in [5.41, 5.74) is -0.633. The maximum absolute atomic E-state index is 12.9. The van der Waals surface area contributed by atoms with Crippen LogP contribution in [0.25, 0.3) is 0 Å². The molecule has 2 atom stereocenters. The molecule has 33 heavy (non-hydrogen) atoms. The largest absolute Gasteiger partial charge is 0.483 e. The van der Waals surface area contributed by atoms with Crippen molar-refractivity contribution in [1.82, 2.24) is 15.6 Å². The third-order valence-corrected chi connectivity index (χ3v) is 4.27. The van der Waals surface area contributed by atoms with E-state index in [9.17, 15) is 35.9 Å². The first kappa shape index (κ1) is 25.7. The zero-order valence-electron chi connectivity index (χ0n) is 17.0. The van der Waals surface area contributed by atoms with Gasteiger partial charge in [0.1, 0.15) is 11.8 Å². The van der Waals surface area contributed by atoms with E-state index >= 15 is 0 Å². The lowest BCUT2D eigenvalue weighted by Gasteiger charge is -2.21. The van der Waals surface area contributed by atoms with Crippen molar-refractivity contribution in [2.24, 2.45) is 0 Å². The monoisotopic (exact) mass is 479 g/mol. The number of hydrogen-bond acceptors (Lipinski definition) is 4. The number of nitrogens with one attached hydrogen (secondary N) is 2. The van der Waals surface area contributed by atoms with Crippen molar-refractivity contribution in [3.63, 3.8) is 0 Å². The van der Waals surface area contributed by atoms with Crippen LogP contribution in [0.15, 0.2) is 42.6 Å². The average molecular weight is 479 g/mol. The molecule has 0 spiro atoms. The molecule has 3 N–H and O–H groups in total. The standard InChI is InChI=1S/C20H19F6N3O4/c1-11(15-6-5-14(9-27-15)33-10-19(21,22)23)28-17(30)16(29-18(31)32)8-12-3-2-4-13(7-12)20(24,25)26/h2-7,9,11,16,29H,8,10H2,1H3,(H,28,30)(H,31,32)/t11-,16?/m1/s1. The van der Waals surface area contributed by atoms with Crippen LogP contribution < -0.4 is 15.4 Å². The summed E-state index contributed by atoms with van der Waals surface area (Å²) in [7, 11) is 0. The Morgan fingerprint density at radius 1 is 1.09 bits per heavy atom. The molecule has 0 aliphatic carbocycles. The molecule has 1 aromatic heterocycles. The first-order valence-corrected chi connectivity index (χ1v) is 9.36. The number of carbonyl (C=O) groups is 2. The summed E-state index contributed by atoms with van der Waals surface area (Å²) in [6.07, 6.45) is -10.0. The quantitative estimate of drug-likeness (QED) is 0.495. The molecule has 1 aromatic carbocycles. The molecule has 0 fully saturated rings. The molecular weight excluding hydrogens is 460 g/mol. The Bertz CT molecular complexity index is 964. The van der Waals surface area contributed by atoms with Crippen LogP contribution >= 0.6 is 0 Å². The normalized spacial score (nSPS) is 13.7. The number of alkyl halides is 6. The molecule has 1 heterocycles. The lowest BCUT2D eigenvalue weighted by atomic mass is 10.0. The van der Waals surface area contributed by atoms with Gasteiger partial charge in [0.05, 0.1) is 23.5 Å². The van der Waals surface area contributed by atoms with Crippen molar-refractivity contribution in [2.75, 3.05) is 6.61 Å². The maximum Gasteiger partial charge on any atom is 0.422 e. The first-order valence-electron chi connectivity index (χ1n) is 9.36. The molecule has 1 unspecified atom stereocenters. The fourth-order valence-electron chi connectivity index (χ4n) is 2.75. The highest BCUT2D eigenvalue weighted by atomic mass is 19.4. The Balaban J connectivity index is 2.08. The van der Waals surface area contributed by atoms with Crippen LogP contribution in [0.5, 0.6) is 5.75 Å². The van der Waals surface area contributed by atoms with Crippen molar-refractivity contribution in [3.8, 4) is 5.75 Å². The number of halogens is 6. The number of amides is 2. The van der Waals surface area contributed by atoms with Crippen LogP contribution in [-0.4, -0.2) is 40.9 Å². The third-order valence-electron chi connectivity index (χ3n) is 4.27. The van der Waals surface area contributed by atoms with Gasteiger partial charge in [0.2, 0.25) is 5.91 Å². The Labute approximate surface area is 183 Å². The summed E-state index contributed by atoms with van der Waals surface area (Å²) in [4.78, 5) is 27.6. The smallest absolute Gasteiger partial charge is 0.422 e. The number of ether oxygens (including phenoxy) is 1. The Morgan fingerprint density at radius 3 is 2.33 bits per heavy atom. The van der Waals surface area contributed by atoms with Gasteiger partial charge in [0.15, 0.2) is 6.61 Å². The molecule has 0 aliphatic rings. The van der Waals surface area contributed by atoms with Gasteiger partial charge in [0.25, 0.3) is 0 Å². The van der Waals surface area contributed by atoms with Crippen molar-refractivity contribution < 1.29 is 45.8 Å². The molecule has 0 aliphatic heterocycles. The zero-order chi connectivity index (χ0) is 24.8. The van der Waals surface area contributed by atoms with Gasteiger partial charge >= 0.3 is 18.4 Å². The maximum atomic E-state index is 12.9. The van der Waals surface area contributed by atoms with E-state index in [4.69, 9.17) is 5.11 Å². The van der Waals surface area contributed by atoms with Crippen LogP contribution in [0.3, 0.4) is 0 Å². The minimum Gasteiger partial charge on any atom is -0.483 e. The van der Waals surface area contributed by atoms with Gasteiger partial charge in [-0.15, -0.1) is 0 Å². The van der Waals surface area contributed by atoms with E-state index in [0.29, 0.717) is 0 Å². The van der Waals surface area contributed by atoms with Crippen molar-refractivity contribution in [3.05, 3.63) is 59.4 Å². The Hall–Kier alpha value is -3.51. The molecule has 7 nitrogen and oxygen atoms in total. The number of hydrogen-bond donors (Lipinski definition) is 3. The summed E-state index contributed by atoms with van der Waals surface area (Å²) in [5.74, 6) is -0.980. The van der Waals surface area contributed by atoms with E-state index in [2.05, 4.69) is 15.0 Å². The lowest BCUT2D eigenvalue weighted by Crippen LogP contribution is -2.48. The van der Waals surface area contributed by atoms with E-state index in [1.165, 1.54) is 25.1 Å². The summed E-state index contributed by atoms with van der Waals surface area (Å²) >= 11 is 0. The molecular formula is C20H19F6N3O4. The number of carboxylic acid groups (broad SMARTS) is 1. The van der Waals surface area contributed by atoms with Crippen molar-refractivity contribution in [2.45, 2.75) is 37.8 Å². The SMILES string of the molecule is C[C@@H](NC(=O)C(Cc1cccc(C(F)(F)F)c1)NC(=O)O)c1ccc(OCC(F)(F)F)cn1. The fraction of sp³-hybridized carbons (Fsp3) is 0.350. The molecule has 180 valence electrons. The van der Waals surface area contributed by atoms with Gasteiger partial charge in [0, 0.05) is 6.42 Å². The third kappa shape index (κ3) is 8.50. The number of benzene rings is 1. The second kappa shape index (κ2) is 10.4. The van der Waals surface area contributed by atoms with Gasteiger partial charge in [-0.2, -0.15) is 26.3 Å². The number of nitrogens with zero attached hydrogens (tertiary/aromatic N) is 1. The summed E-state index contributed by atoms with van der Waals surface area (Å²) < 4.78 is 79.9. The van der Waals surface area contributed by atoms with Crippen molar-refractivity contribution in [1.29, 1.82) is 0 Å². The van der Waals surface area contributed by atoms with Crippen LogP contribution in [-0.2, 0) is 17.4 Å². The summed E-state index contributed by atoms with van der Waals surface area (Å²) in [5, 5.41) is 13.4. The topological polar surface area (TPSA) is 101 Å². The fourth-order valence-corrected chi connectivity index (χ4v) is 2.75. The Morgan fingerprint density at radius 2 is 1.79 bits per heavy atom. The van der Waals surface area contributed by atoms with E-state index in [1.54, 1.807) is 0 Å². The van der Waals surface area contributed by atoms with Crippen molar-refractivity contribution >= 4 is 12.0 Å². The van der Waals surface area contributed by atoms with Gasteiger partial charge in [-0.3, -0.25) is 9.78 Å². The molecule has 0 saturated heterocycles. The molecule has 0 bridgehead atoms. The summed E-state index contributed by atoms with van der Waals surface area (Å²) in [6, 6.07) is 4.44. The number of aromatic nitrogens is 1.